The van der Waals surface area contributed by atoms with Crippen molar-refractivity contribution in [3.8, 4) is 17.8 Å². The van der Waals surface area contributed by atoms with Gasteiger partial charge in [-0.05, 0) is 25.7 Å². The fourth-order valence-corrected chi connectivity index (χ4v) is 2.11. The van der Waals surface area contributed by atoms with Crippen molar-refractivity contribution in [3.63, 3.8) is 0 Å². The lowest BCUT2D eigenvalue weighted by molar-refractivity contribution is 0.209. The molecule has 1 aromatic rings. The van der Waals surface area contributed by atoms with Gasteiger partial charge in [0.15, 0.2) is 11.6 Å². The van der Waals surface area contributed by atoms with Crippen LogP contribution in [-0.4, -0.2) is 6.10 Å². The number of rotatable bonds is 3. The van der Waals surface area contributed by atoms with Crippen LogP contribution in [0.25, 0.3) is 0 Å². The zero-order valence-corrected chi connectivity index (χ0v) is 9.84. The zero-order chi connectivity index (χ0) is 12.3. The summed E-state index contributed by atoms with van der Waals surface area (Å²) >= 11 is 5.88. The van der Waals surface area contributed by atoms with E-state index in [9.17, 15) is 4.39 Å². The molecule has 0 aromatic heterocycles. The maximum absolute atomic E-state index is 13.3. The number of nitrogens with zero attached hydrogens (tertiary/aromatic N) is 1. The molecule has 90 valence electrons. The first kappa shape index (κ1) is 12.0. The van der Waals surface area contributed by atoms with Gasteiger partial charge < -0.3 is 9.47 Å². The van der Waals surface area contributed by atoms with Gasteiger partial charge in [0.25, 0.3) is 6.26 Å². The molecule has 0 amide bonds. The van der Waals surface area contributed by atoms with Crippen LogP contribution in [0.1, 0.15) is 25.7 Å². The lowest BCUT2D eigenvalue weighted by atomic mass is 10.3. The Morgan fingerprint density at radius 3 is 2.65 bits per heavy atom. The third kappa shape index (κ3) is 2.80. The summed E-state index contributed by atoms with van der Waals surface area (Å²) < 4.78 is 23.5. The van der Waals surface area contributed by atoms with Gasteiger partial charge in [0.2, 0.25) is 0 Å². The van der Waals surface area contributed by atoms with Crippen molar-refractivity contribution in [2.45, 2.75) is 31.8 Å². The van der Waals surface area contributed by atoms with Crippen molar-refractivity contribution >= 4 is 11.6 Å². The van der Waals surface area contributed by atoms with Gasteiger partial charge in [-0.3, -0.25) is 0 Å². The van der Waals surface area contributed by atoms with Crippen LogP contribution in [0.2, 0.25) is 5.02 Å². The fourth-order valence-electron chi connectivity index (χ4n) is 1.91. The third-order valence-corrected chi connectivity index (χ3v) is 3.03. The average molecular weight is 256 g/mol. The molecular formula is C12H11ClFNO2. The second-order valence-electron chi connectivity index (χ2n) is 3.93. The van der Waals surface area contributed by atoms with Gasteiger partial charge in [-0.25, -0.2) is 4.39 Å². The second kappa shape index (κ2) is 5.24. The highest BCUT2D eigenvalue weighted by Gasteiger charge is 2.19. The van der Waals surface area contributed by atoms with Crippen LogP contribution in [0, 0.1) is 17.3 Å². The van der Waals surface area contributed by atoms with Gasteiger partial charge in [0.1, 0.15) is 5.75 Å². The first-order chi connectivity index (χ1) is 8.20. The normalized spacial score (nSPS) is 15.6. The van der Waals surface area contributed by atoms with Crippen molar-refractivity contribution in [2.75, 3.05) is 0 Å². The van der Waals surface area contributed by atoms with Gasteiger partial charge >= 0.3 is 0 Å². The molecule has 1 aliphatic carbocycles. The Bertz CT molecular complexity index is 453. The predicted octanol–water partition coefficient (Wildman–Crippen LogP) is 3.66. The largest absolute Gasteiger partial charge is 0.489 e. The van der Waals surface area contributed by atoms with E-state index in [4.69, 9.17) is 21.6 Å². The van der Waals surface area contributed by atoms with Crippen LogP contribution in [0.4, 0.5) is 4.39 Å². The average Bonchev–Trinajstić information content (AvgIpc) is 2.78. The van der Waals surface area contributed by atoms with Crippen molar-refractivity contribution in [1.29, 1.82) is 5.26 Å². The summed E-state index contributed by atoms with van der Waals surface area (Å²) in [5, 5.41) is 8.57. The quantitative estimate of drug-likeness (QED) is 0.774. The van der Waals surface area contributed by atoms with Crippen molar-refractivity contribution in [2.24, 2.45) is 0 Å². The summed E-state index contributed by atoms with van der Waals surface area (Å²) in [6, 6.07) is 2.41. The molecule has 0 N–H and O–H groups in total. The molecule has 0 radical (unpaired) electrons. The SMILES string of the molecule is N#COc1cc(OC2CCCC2)c(Cl)cc1F. The summed E-state index contributed by atoms with van der Waals surface area (Å²) in [4.78, 5) is 0. The van der Waals surface area contributed by atoms with Gasteiger partial charge in [-0.2, -0.15) is 0 Å². The lowest BCUT2D eigenvalue weighted by Gasteiger charge is -2.14. The van der Waals surface area contributed by atoms with E-state index in [1.165, 1.54) is 12.3 Å². The highest BCUT2D eigenvalue weighted by atomic mass is 35.5. The standard InChI is InChI=1S/C12H11ClFNO2/c13-9-5-10(14)12(16-7-15)6-11(9)17-8-3-1-2-4-8/h5-6,8H,1-4H2. The van der Waals surface area contributed by atoms with Crippen LogP contribution in [0.3, 0.4) is 0 Å². The van der Waals surface area contributed by atoms with Gasteiger partial charge in [0.05, 0.1) is 11.1 Å². The molecule has 0 unspecified atom stereocenters. The summed E-state index contributed by atoms with van der Waals surface area (Å²) in [5.41, 5.74) is 0. The van der Waals surface area contributed by atoms with Gasteiger partial charge in [-0.1, -0.05) is 11.6 Å². The molecule has 1 fully saturated rings. The Labute approximate surface area is 104 Å². The highest BCUT2D eigenvalue weighted by Crippen LogP contribution is 2.34. The van der Waals surface area contributed by atoms with Crippen molar-refractivity contribution < 1.29 is 13.9 Å². The third-order valence-electron chi connectivity index (χ3n) is 2.74. The molecule has 0 aliphatic heterocycles. The number of hydrogen-bond donors (Lipinski definition) is 0. The molecule has 0 bridgehead atoms. The minimum Gasteiger partial charge on any atom is -0.489 e. The van der Waals surface area contributed by atoms with Crippen LogP contribution < -0.4 is 9.47 Å². The Balaban J connectivity index is 2.20. The van der Waals surface area contributed by atoms with E-state index in [1.807, 2.05) is 0 Å². The maximum atomic E-state index is 13.3. The molecule has 5 heteroatoms. The lowest BCUT2D eigenvalue weighted by Crippen LogP contribution is -2.11. The molecule has 1 saturated carbocycles. The molecule has 0 saturated heterocycles. The summed E-state index contributed by atoms with van der Waals surface area (Å²) in [5.74, 6) is -0.467. The van der Waals surface area contributed by atoms with Crippen LogP contribution in [-0.2, 0) is 0 Å². The summed E-state index contributed by atoms with van der Waals surface area (Å²) in [6.07, 6.45) is 5.75. The Hall–Kier alpha value is -1.47. The minimum atomic E-state index is -0.671. The summed E-state index contributed by atoms with van der Waals surface area (Å²) in [7, 11) is 0. The molecule has 0 spiro atoms. The van der Waals surface area contributed by atoms with Crippen LogP contribution >= 0.6 is 11.6 Å². The number of hydrogen-bond acceptors (Lipinski definition) is 3. The van der Waals surface area contributed by atoms with Crippen LogP contribution in [0.5, 0.6) is 11.5 Å². The number of nitriles is 1. The zero-order valence-electron chi connectivity index (χ0n) is 9.08. The van der Waals surface area contributed by atoms with Crippen molar-refractivity contribution in [1.82, 2.24) is 0 Å². The molecule has 0 atom stereocenters. The predicted molar refractivity (Wildman–Crippen MR) is 60.5 cm³/mol. The molecule has 0 heterocycles. The summed E-state index contributed by atoms with van der Waals surface area (Å²) in [6.45, 7) is 0. The maximum Gasteiger partial charge on any atom is 0.292 e. The molecule has 3 nitrogen and oxygen atoms in total. The topological polar surface area (TPSA) is 42.2 Å². The minimum absolute atomic E-state index is 0.118. The van der Waals surface area contributed by atoms with E-state index < -0.39 is 5.82 Å². The van der Waals surface area contributed by atoms with Gasteiger partial charge in [0, 0.05) is 12.1 Å². The van der Waals surface area contributed by atoms with E-state index in [0.717, 1.165) is 31.7 Å². The number of ether oxygens (including phenoxy) is 2. The van der Waals surface area contributed by atoms with E-state index >= 15 is 0 Å². The fraction of sp³-hybridized carbons (Fsp3) is 0.417. The molecule has 2 rings (SSSR count). The Morgan fingerprint density at radius 1 is 1.29 bits per heavy atom. The van der Waals surface area contributed by atoms with Gasteiger partial charge in [-0.15, -0.1) is 5.26 Å². The first-order valence-electron chi connectivity index (χ1n) is 5.42. The second-order valence-corrected chi connectivity index (χ2v) is 4.34. The Morgan fingerprint density at radius 2 is 2.00 bits per heavy atom. The van der Waals surface area contributed by atoms with Crippen LogP contribution in [0.15, 0.2) is 12.1 Å². The number of halogens is 2. The van der Waals surface area contributed by atoms with E-state index in [-0.39, 0.29) is 16.9 Å². The highest BCUT2D eigenvalue weighted by molar-refractivity contribution is 6.32. The van der Waals surface area contributed by atoms with E-state index in [0.29, 0.717) is 5.75 Å². The smallest absolute Gasteiger partial charge is 0.292 e. The molecule has 1 aliphatic rings. The van der Waals surface area contributed by atoms with E-state index in [1.54, 1.807) is 0 Å². The van der Waals surface area contributed by atoms with Crippen molar-refractivity contribution in [3.05, 3.63) is 23.0 Å². The van der Waals surface area contributed by atoms with E-state index in [2.05, 4.69) is 4.74 Å². The number of benzene rings is 1. The Kier molecular flexibility index (Phi) is 3.70. The molecular weight excluding hydrogens is 245 g/mol. The molecule has 17 heavy (non-hydrogen) atoms. The molecule has 1 aromatic carbocycles. The monoisotopic (exact) mass is 255 g/mol. The first-order valence-corrected chi connectivity index (χ1v) is 5.80.